The van der Waals surface area contributed by atoms with E-state index in [0.29, 0.717) is 42.4 Å². The fraction of sp³-hybridized carbons (Fsp3) is 0.429. The molecule has 3 rings (SSSR count). The second-order valence-corrected chi connectivity index (χ2v) is 6.47. The summed E-state index contributed by atoms with van der Waals surface area (Å²) in [7, 11) is 4.21. The van der Waals surface area contributed by atoms with E-state index >= 15 is 0 Å². The lowest BCUT2D eigenvalue weighted by atomic mass is 10.0. The van der Waals surface area contributed by atoms with Crippen LogP contribution in [-0.2, 0) is 9.47 Å². The Bertz CT molecular complexity index is 911. The zero-order valence-corrected chi connectivity index (χ0v) is 17.3. The van der Waals surface area contributed by atoms with Crippen molar-refractivity contribution in [1.29, 1.82) is 0 Å². The van der Waals surface area contributed by atoms with Crippen molar-refractivity contribution in [2.45, 2.75) is 0 Å². The minimum atomic E-state index is -0.789. The fourth-order valence-corrected chi connectivity index (χ4v) is 3.22. The summed E-state index contributed by atoms with van der Waals surface area (Å²) < 4.78 is 31.9. The summed E-state index contributed by atoms with van der Waals surface area (Å²) >= 11 is 0. The normalized spacial score (nSPS) is 14.2. The lowest BCUT2D eigenvalue weighted by molar-refractivity contribution is 0.0320. The highest BCUT2D eigenvalue weighted by Crippen LogP contribution is 2.42. The van der Waals surface area contributed by atoms with Gasteiger partial charge < -0.3 is 28.1 Å². The van der Waals surface area contributed by atoms with Crippen LogP contribution in [-0.4, -0.2) is 71.7 Å². The summed E-state index contributed by atoms with van der Waals surface area (Å²) in [6, 6.07) is 6.61. The van der Waals surface area contributed by atoms with Gasteiger partial charge in [0.15, 0.2) is 0 Å². The largest absolute Gasteiger partial charge is 0.496 e. The number of benzene rings is 1. The third-order valence-corrected chi connectivity index (χ3v) is 4.75. The number of esters is 1. The molecule has 0 aliphatic carbocycles. The zero-order valence-electron chi connectivity index (χ0n) is 17.3. The van der Waals surface area contributed by atoms with Crippen molar-refractivity contribution in [3.63, 3.8) is 0 Å². The van der Waals surface area contributed by atoms with Crippen LogP contribution in [0.1, 0.15) is 10.6 Å². The van der Waals surface area contributed by atoms with E-state index in [1.165, 1.54) is 27.4 Å². The maximum Gasteiger partial charge on any atom is 0.379 e. The van der Waals surface area contributed by atoms with Crippen molar-refractivity contribution in [2.75, 3.05) is 60.8 Å². The average molecular weight is 419 g/mol. The van der Waals surface area contributed by atoms with Gasteiger partial charge in [-0.25, -0.2) is 9.59 Å². The molecule has 1 aliphatic heterocycles. The summed E-state index contributed by atoms with van der Waals surface area (Å²) in [5, 5.41) is 0. The maximum absolute atomic E-state index is 12.7. The fourth-order valence-electron chi connectivity index (χ4n) is 3.22. The average Bonchev–Trinajstić information content (AvgIpc) is 2.79. The summed E-state index contributed by atoms with van der Waals surface area (Å²) in [6.07, 6.45) is 0. The smallest absolute Gasteiger partial charge is 0.379 e. The van der Waals surface area contributed by atoms with Crippen LogP contribution in [0, 0.1) is 0 Å². The second kappa shape index (κ2) is 10.1. The van der Waals surface area contributed by atoms with E-state index in [-0.39, 0.29) is 18.1 Å². The van der Waals surface area contributed by atoms with Crippen LogP contribution >= 0.6 is 0 Å². The molecule has 0 spiro atoms. The predicted octanol–water partition coefficient (Wildman–Crippen LogP) is 1.82. The summed E-state index contributed by atoms with van der Waals surface area (Å²) in [4.78, 5) is 26.9. The van der Waals surface area contributed by atoms with E-state index in [1.807, 2.05) is 0 Å². The van der Waals surface area contributed by atoms with E-state index in [4.69, 9.17) is 28.1 Å². The van der Waals surface area contributed by atoms with Crippen molar-refractivity contribution >= 4 is 5.97 Å². The maximum atomic E-state index is 12.7. The van der Waals surface area contributed by atoms with Gasteiger partial charge in [-0.05, 0) is 12.1 Å². The van der Waals surface area contributed by atoms with Crippen molar-refractivity contribution < 1.29 is 32.9 Å². The monoisotopic (exact) mass is 419 g/mol. The van der Waals surface area contributed by atoms with Gasteiger partial charge in [-0.3, -0.25) is 4.90 Å². The minimum Gasteiger partial charge on any atom is -0.496 e. The van der Waals surface area contributed by atoms with Gasteiger partial charge in [0.2, 0.25) is 11.5 Å². The Morgan fingerprint density at radius 3 is 2.37 bits per heavy atom. The van der Waals surface area contributed by atoms with Gasteiger partial charge in [0.25, 0.3) is 0 Å². The minimum absolute atomic E-state index is 0.0290. The molecular weight excluding hydrogens is 394 g/mol. The number of nitrogens with zero attached hydrogens (tertiary/aromatic N) is 1. The lowest BCUT2D eigenvalue weighted by Gasteiger charge is -2.26. The molecular formula is C21H25NO8. The first-order chi connectivity index (χ1) is 14.6. The van der Waals surface area contributed by atoms with E-state index in [9.17, 15) is 9.59 Å². The molecule has 0 atom stereocenters. The first-order valence-electron chi connectivity index (χ1n) is 9.49. The molecule has 0 radical (unpaired) electrons. The van der Waals surface area contributed by atoms with Gasteiger partial charge in [0, 0.05) is 31.3 Å². The molecule has 0 saturated carbocycles. The van der Waals surface area contributed by atoms with Crippen LogP contribution in [0.15, 0.2) is 33.5 Å². The van der Waals surface area contributed by atoms with Crippen LogP contribution in [0.3, 0.4) is 0 Å². The number of rotatable bonds is 8. The van der Waals surface area contributed by atoms with Gasteiger partial charge in [0.05, 0.1) is 40.1 Å². The second-order valence-electron chi connectivity index (χ2n) is 6.47. The van der Waals surface area contributed by atoms with Crippen LogP contribution in [0.25, 0.3) is 11.1 Å². The molecule has 9 nitrogen and oxygen atoms in total. The number of carbonyl (C=O) groups is 1. The summed E-state index contributed by atoms with van der Waals surface area (Å²) in [6.45, 7) is 3.80. The molecule has 1 fully saturated rings. The number of carbonyl (C=O) groups excluding carboxylic acids is 1. The molecule has 2 heterocycles. The summed E-state index contributed by atoms with van der Waals surface area (Å²) in [5.74, 6) is -0.144. The standard InChI is InChI=1S/C21H25NO8/c1-25-15-5-4-6-16(26-2)18(15)14-13-17(20(23)27-3)30-21(24)19(14)29-12-9-22-7-10-28-11-8-22/h4-6,13H,7-12H2,1-3H3. The molecule has 1 aromatic heterocycles. The molecule has 9 heteroatoms. The zero-order chi connectivity index (χ0) is 21.5. The topological polar surface area (TPSA) is 96.7 Å². The van der Waals surface area contributed by atoms with Gasteiger partial charge in [-0.1, -0.05) is 6.07 Å². The number of ether oxygens (including phenoxy) is 5. The molecule has 0 bridgehead atoms. The molecule has 0 N–H and O–H groups in total. The molecule has 162 valence electrons. The third kappa shape index (κ3) is 4.74. The lowest BCUT2D eigenvalue weighted by Crippen LogP contribution is -2.38. The van der Waals surface area contributed by atoms with Crippen molar-refractivity contribution in [3.8, 4) is 28.4 Å². The molecule has 30 heavy (non-hydrogen) atoms. The highest BCUT2D eigenvalue weighted by molar-refractivity contribution is 5.90. The quantitative estimate of drug-likeness (QED) is 0.594. The number of morpholine rings is 1. The van der Waals surface area contributed by atoms with Crippen molar-refractivity contribution in [1.82, 2.24) is 4.90 Å². The molecule has 0 amide bonds. The van der Waals surface area contributed by atoms with Gasteiger partial charge >= 0.3 is 11.6 Å². The predicted molar refractivity (Wildman–Crippen MR) is 108 cm³/mol. The molecule has 1 aromatic carbocycles. The highest BCUT2D eigenvalue weighted by Gasteiger charge is 2.24. The highest BCUT2D eigenvalue weighted by atomic mass is 16.5. The Labute approximate surface area is 174 Å². The van der Waals surface area contributed by atoms with Crippen molar-refractivity contribution in [2.24, 2.45) is 0 Å². The number of methoxy groups -OCH3 is 3. The number of hydrogen-bond donors (Lipinski definition) is 0. The van der Waals surface area contributed by atoms with E-state index in [2.05, 4.69) is 4.90 Å². The Balaban J connectivity index is 2.02. The summed E-state index contributed by atoms with van der Waals surface area (Å²) in [5.41, 5.74) is 0.00712. The van der Waals surface area contributed by atoms with Crippen LogP contribution < -0.4 is 19.8 Å². The van der Waals surface area contributed by atoms with E-state index < -0.39 is 11.6 Å². The third-order valence-electron chi connectivity index (χ3n) is 4.75. The van der Waals surface area contributed by atoms with E-state index in [0.717, 1.165) is 13.1 Å². The SMILES string of the molecule is COC(=O)c1cc(-c2c(OC)cccc2OC)c(OCCN2CCOCC2)c(=O)o1. The Morgan fingerprint density at radius 2 is 1.77 bits per heavy atom. The Morgan fingerprint density at radius 1 is 1.10 bits per heavy atom. The molecule has 1 aliphatic rings. The molecule has 1 saturated heterocycles. The molecule has 2 aromatic rings. The van der Waals surface area contributed by atoms with Crippen LogP contribution in [0.4, 0.5) is 0 Å². The Hall–Kier alpha value is -3.04. The first-order valence-corrected chi connectivity index (χ1v) is 9.49. The van der Waals surface area contributed by atoms with Gasteiger partial charge in [-0.2, -0.15) is 0 Å². The van der Waals surface area contributed by atoms with Gasteiger partial charge in [-0.15, -0.1) is 0 Å². The first kappa shape index (κ1) is 21.7. The van der Waals surface area contributed by atoms with Crippen LogP contribution in [0.2, 0.25) is 0 Å². The van der Waals surface area contributed by atoms with Crippen molar-refractivity contribution in [3.05, 3.63) is 40.4 Å². The Kier molecular flexibility index (Phi) is 7.31. The molecule has 0 unspecified atom stereocenters. The van der Waals surface area contributed by atoms with Gasteiger partial charge in [0.1, 0.15) is 18.1 Å². The van der Waals surface area contributed by atoms with Crippen LogP contribution in [0.5, 0.6) is 17.2 Å². The number of hydrogen-bond acceptors (Lipinski definition) is 9. The van der Waals surface area contributed by atoms with E-state index in [1.54, 1.807) is 18.2 Å².